The summed E-state index contributed by atoms with van der Waals surface area (Å²) in [4.78, 5) is 24.6. The molecule has 4 nitrogen and oxygen atoms in total. The van der Waals surface area contributed by atoms with Gasteiger partial charge in [-0.3, -0.25) is 4.79 Å². The molecule has 0 radical (unpaired) electrons. The van der Waals surface area contributed by atoms with Crippen LogP contribution in [-0.4, -0.2) is 36.0 Å². The minimum absolute atomic E-state index is 0.187. The number of carbonyl (C=O) groups excluding carboxylic acids is 2. The zero-order chi connectivity index (χ0) is 11.3. The Morgan fingerprint density at radius 3 is 2.87 bits per heavy atom. The highest BCUT2D eigenvalue weighted by Crippen LogP contribution is 2.18. The molecule has 4 heteroatoms. The lowest BCUT2D eigenvalue weighted by Crippen LogP contribution is -2.48. The van der Waals surface area contributed by atoms with Gasteiger partial charge in [-0.25, -0.2) is 4.79 Å². The summed E-state index contributed by atoms with van der Waals surface area (Å²) in [6.07, 6.45) is 3.84. The summed E-state index contributed by atoms with van der Waals surface area (Å²) in [7, 11) is 0. The average Bonchev–Trinajstić information content (AvgIpc) is 2.28. The van der Waals surface area contributed by atoms with Gasteiger partial charge in [0.25, 0.3) is 0 Å². The van der Waals surface area contributed by atoms with Gasteiger partial charge in [0.15, 0.2) is 0 Å². The molecule has 1 heterocycles. The van der Waals surface area contributed by atoms with Crippen LogP contribution in [0.2, 0.25) is 0 Å². The zero-order valence-electron chi connectivity index (χ0n) is 9.07. The van der Waals surface area contributed by atoms with Crippen LogP contribution in [0.1, 0.15) is 26.2 Å². The second-order valence-corrected chi connectivity index (χ2v) is 3.50. The predicted molar refractivity (Wildman–Crippen MR) is 56.2 cm³/mol. The first kappa shape index (κ1) is 11.8. The molecule has 1 saturated heterocycles. The van der Waals surface area contributed by atoms with Gasteiger partial charge in [-0.1, -0.05) is 6.58 Å². The monoisotopic (exact) mass is 211 g/mol. The lowest BCUT2D eigenvalue weighted by Gasteiger charge is -2.33. The first-order valence-electron chi connectivity index (χ1n) is 5.30. The number of esters is 1. The highest BCUT2D eigenvalue weighted by atomic mass is 16.5. The molecular formula is C11H17NO3. The van der Waals surface area contributed by atoms with Gasteiger partial charge in [0.2, 0.25) is 5.91 Å². The van der Waals surface area contributed by atoms with Crippen molar-refractivity contribution in [2.45, 2.75) is 32.2 Å². The Morgan fingerprint density at radius 2 is 2.27 bits per heavy atom. The second kappa shape index (κ2) is 5.53. The fraction of sp³-hybridized carbons (Fsp3) is 0.636. The summed E-state index contributed by atoms with van der Waals surface area (Å²) in [6.45, 7) is 6.17. The Labute approximate surface area is 89.9 Å². The largest absolute Gasteiger partial charge is 0.464 e. The van der Waals surface area contributed by atoms with Crippen molar-refractivity contribution in [2.75, 3.05) is 13.2 Å². The van der Waals surface area contributed by atoms with E-state index in [4.69, 9.17) is 4.74 Å². The quantitative estimate of drug-likeness (QED) is 0.519. The molecule has 84 valence electrons. The fourth-order valence-electron chi connectivity index (χ4n) is 1.80. The van der Waals surface area contributed by atoms with Gasteiger partial charge in [0, 0.05) is 6.54 Å². The Kier molecular flexibility index (Phi) is 4.34. The topological polar surface area (TPSA) is 46.6 Å². The molecule has 1 fully saturated rings. The smallest absolute Gasteiger partial charge is 0.328 e. The standard InChI is InChI=1S/C11H17NO3/c1-3-10(13)12-8-6-5-7-9(12)11(14)15-4-2/h3,9H,1,4-8H2,2H3/t9-/m1/s1. The Balaban J connectivity index is 2.69. The van der Waals surface area contributed by atoms with E-state index in [1.807, 2.05) is 0 Å². The van der Waals surface area contributed by atoms with E-state index in [0.29, 0.717) is 19.6 Å². The van der Waals surface area contributed by atoms with E-state index in [2.05, 4.69) is 6.58 Å². The van der Waals surface area contributed by atoms with Crippen LogP contribution in [0, 0.1) is 0 Å². The van der Waals surface area contributed by atoms with Crippen LogP contribution in [-0.2, 0) is 14.3 Å². The molecule has 1 atom stereocenters. The van der Waals surface area contributed by atoms with Crippen molar-refractivity contribution in [3.05, 3.63) is 12.7 Å². The third kappa shape index (κ3) is 2.81. The number of ether oxygens (including phenoxy) is 1. The van der Waals surface area contributed by atoms with Crippen LogP contribution >= 0.6 is 0 Å². The number of nitrogens with zero attached hydrogens (tertiary/aromatic N) is 1. The van der Waals surface area contributed by atoms with Crippen molar-refractivity contribution in [1.29, 1.82) is 0 Å². The van der Waals surface area contributed by atoms with Gasteiger partial charge in [0.05, 0.1) is 6.61 Å². The molecule has 0 aromatic heterocycles. The summed E-state index contributed by atoms with van der Waals surface area (Å²) in [5.74, 6) is -0.486. The maximum Gasteiger partial charge on any atom is 0.328 e. The average molecular weight is 211 g/mol. The third-order valence-corrected chi connectivity index (χ3v) is 2.52. The highest BCUT2D eigenvalue weighted by molar-refractivity contribution is 5.91. The van der Waals surface area contributed by atoms with Gasteiger partial charge < -0.3 is 9.64 Å². The van der Waals surface area contributed by atoms with E-state index < -0.39 is 6.04 Å². The molecule has 1 rings (SSSR count). The summed E-state index contributed by atoms with van der Waals surface area (Å²) < 4.78 is 4.94. The second-order valence-electron chi connectivity index (χ2n) is 3.50. The van der Waals surface area contributed by atoms with Gasteiger partial charge >= 0.3 is 5.97 Å². The van der Waals surface area contributed by atoms with Gasteiger partial charge in [0.1, 0.15) is 6.04 Å². The first-order chi connectivity index (χ1) is 7.20. The molecule has 0 unspecified atom stereocenters. The van der Waals surface area contributed by atoms with Crippen LogP contribution < -0.4 is 0 Å². The summed E-state index contributed by atoms with van der Waals surface area (Å²) >= 11 is 0. The molecule has 0 N–H and O–H groups in total. The van der Waals surface area contributed by atoms with E-state index >= 15 is 0 Å². The van der Waals surface area contributed by atoms with Crippen molar-refractivity contribution < 1.29 is 14.3 Å². The minimum Gasteiger partial charge on any atom is -0.464 e. The van der Waals surface area contributed by atoms with Crippen molar-refractivity contribution in [1.82, 2.24) is 4.90 Å². The molecule has 1 aliphatic heterocycles. The fourth-order valence-corrected chi connectivity index (χ4v) is 1.80. The molecule has 1 amide bonds. The van der Waals surface area contributed by atoms with E-state index in [-0.39, 0.29) is 11.9 Å². The highest BCUT2D eigenvalue weighted by Gasteiger charge is 2.31. The van der Waals surface area contributed by atoms with Crippen LogP contribution in [0.3, 0.4) is 0 Å². The number of carbonyl (C=O) groups is 2. The predicted octanol–water partition coefficient (Wildman–Crippen LogP) is 1.12. The Morgan fingerprint density at radius 1 is 1.53 bits per heavy atom. The molecule has 0 aromatic carbocycles. The van der Waals surface area contributed by atoms with Crippen molar-refractivity contribution in [2.24, 2.45) is 0 Å². The number of rotatable bonds is 3. The lowest BCUT2D eigenvalue weighted by molar-refractivity contribution is -0.155. The summed E-state index contributed by atoms with van der Waals surface area (Å²) in [5.41, 5.74) is 0. The Bertz CT molecular complexity index is 263. The maximum absolute atomic E-state index is 11.6. The zero-order valence-corrected chi connectivity index (χ0v) is 9.07. The summed E-state index contributed by atoms with van der Waals surface area (Å²) in [6, 6.07) is -0.413. The summed E-state index contributed by atoms with van der Waals surface area (Å²) in [5, 5.41) is 0. The van der Waals surface area contributed by atoms with Crippen LogP contribution in [0.25, 0.3) is 0 Å². The van der Waals surface area contributed by atoms with Crippen molar-refractivity contribution in [3.63, 3.8) is 0 Å². The maximum atomic E-state index is 11.6. The molecule has 0 aromatic rings. The number of likely N-dealkylation sites (tertiary alicyclic amines) is 1. The molecule has 0 bridgehead atoms. The van der Waals surface area contributed by atoms with Gasteiger partial charge in [-0.05, 0) is 32.3 Å². The van der Waals surface area contributed by atoms with Crippen molar-refractivity contribution in [3.8, 4) is 0 Å². The molecule has 1 aliphatic rings. The van der Waals surface area contributed by atoms with Gasteiger partial charge in [-0.15, -0.1) is 0 Å². The molecule has 0 spiro atoms. The van der Waals surface area contributed by atoms with Crippen LogP contribution in [0.5, 0.6) is 0 Å². The van der Waals surface area contributed by atoms with E-state index in [0.717, 1.165) is 12.8 Å². The Hall–Kier alpha value is -1.32. The lowest BCUT2D eigenvalue weighted by atomic mass is 10.0. The van der Waals surface area contributed by atoms with Crippen LogP contribution in [0.4, 0.5) is 0 Å². The normalized spacial score (nSPS) is 20.9. The molecule has 15 heavy (non-hydrogen) atoms. The molecule has 0 aliphatic carbocycles. The van der Waals surface area contributed by atoms with Crippen molar-refractivity contribution >= 4 is 11.9 Å². The number of hydrogen-bond acceptors (Lipinski definition) is 3. The van der Waals surface area contributed by atoms with E-state index in [9.17, 15) is 9.59 Å². The minimum atomic E-state index is -0.413. The van der Waals surface area contributed by atoms with Crippen LogP contribution in [0.15, 0.2) is 12.7 Å². The number of hydrogen-bond donors (Lipinski definition) is 0. The van der Waals surface area contributed by atoms with E-state index in [1.54, 1.807) is 11.8 Å². The first-order valence-corrected chi connectivity index (χ1v) is 5.30. The molecular weight excluding hydrogens is 194 g/mol. The SMILES string of the molecule is C=CC(=O)N1CCCC[C@@H]1C(=O)OCC. The van der Waals surface area contributed by atoms with Gasteiger partial charge in [-0.2, -0.15) is 0 Å². The number of piperidine rings is 1. The molecule has 0 saturated carbocycles. The number of amides is 1. The third-order valence-electron chi connectivity index (χ3n) is 2.52. The van der Waals surface area contributed by atoms with E-state index in [1.165, 1.54) is 6.08 Å².